The Hall–Kier alpha value is -3.81. The Kier molecular flexibility index (Phi) is 8.43. The fraction of sp³-hybridized carbons (Fsp3) is 0.444. The topological polar surface area (TPSA) is 155 Å². The molecule has 0 unspecified atom stereocenters. The van der Waals surface area contributed by atoms with Crippen LogP contribution in [0.2, 0.25) is 0 Å². The molecule has 1 aliphatic carbocycles. The Morgan fingerprint density at radius 1 is 1.10 bits per heavy atom. The molecule has 0 radical (unpaired) electrons. The summed E-state index contributed by atoms with van der Waals surface area (Å²) in [6.07, 6.45) is 10.1. The third-order valence-corrected chi connectivity index (χ3v) is 7.67. The largest absolute Gasteiger partial charge is 0.487 e. The Bertz CT molecular complexity index is 1350. The van der Waals surface area contributed by atoms with Gasteiger partial charge in [0.05, 0.1) is 29.6 Å². The molecule has 1 saturated carbocycles. The molecule has 7 N–H and O–H groups in total. The van der Waals surface area contributed by atoms with E-state index in [9.17, 15) is 0 Å². The van der Waals surface area contributed by atoms with Crippen molar-refractivity contribution in [3.8, 4) is 16.9 Å². The van der Waals surface area contributed by atoms with E-state index in [1.807, 2.05) is 17.9 Å². The first-order chi connectivity index (χ1) is 19.4. The molecule has 2 fully saturated rings. The van der Waals surface area contributed by atoms with Crippen LogP contribution in [-0.4, -0.2) is 53.0 Å². The number of nitrogens with two attached hydrogens (primary N) is 3. The van der Waals surface area contributed by atoms with Gasteiger partial charge >= 0.3 is 0 Å². The number of benzene rings is 1. The first kappa shape index (κ1) is 27.7. The molecule has 2 aliphatic rings. The molecule has 40 heavy (non-hydrogen) atoms. The second kappa shape index (κ2) is 12.1. The fourth-order valence-electron chi connectivity index (χ4n) is 5.27. The van der Waals surface area contributed by atoms with E-state index >= 15 is 8.78 Å². The van der Waals surface area contributed by atoms with Crippen LogP contribution in [0.1, 0.15) is 50.1 Å². The SMILES string of the molecule is CNC1CCC(Oc2ccc(N(N)/C(=N\N)c3cc(-c4cnn(C5CCOCC5)c4)cnc3N)c(F)c2F)CC1. The number of halogens is 2. The van der Waals surface area contributed by atoms with Crippen LogP contribution in [-0.2, 0) is 4.74 Å². The number of ether oxygens (including phenoxy) is 2. The Morgan fingerprint density at radius 3 is 2.55 bits per heavy atom. The van der Waals surface area contributed by atoms with Gasteiger partial charge in [-0.1, -0.05) is 0 Å². The van der Waals surface area contributed by atoms with Crippen LogP contribution in [0.3, 0.4) is 0 Å². The van der Waals surface area contributed by atoms with Crippen LogP contribution >= 0.6 is 0 Å². The number of rotatable bonds is 7. The summed E-state index contributed by atoms with van der Waals surface area (Å²) >= 11 is 0. The lowest BCUT2D eigenvalue weighted by atomic mass is 9.93. The molecule has 3 aromatic rings. The number of aromatic nitrogens is 3. The number of hydrazone groups is 1. The maximum absolute atomic E-state index is 15.3. The zero-order valence-corrected chi connectivity index (χ0v) is 22.4. The highest BCUT2D eigenvalue weighted by atomic mass is 19.2. The summed E-state index contributed by atoms with van der Waals surface area (Å²) in [7, 11) is 1.92. The first-order valence-electron chi connectivity index (χ1n) is 13.4. The van der Waals surface area contributed by atoms with Crippen molar-refractivity contribution < 1.29 is 18.3 Å². The number of hydrogen-bond donors (Lipinski definition) is 4. The van der Waals surface area contributed by atoms with Gasteiger partial charge in [0.25, 0.3) is 0 Å². The molecule has 0 bridgehead atoms. The van der Waals surface area contributed by atoms with Crippen LogP contribution in [0.5, 0.6) is 5.75 Å². The second-order valence-electron chi connectivity index (χ2n) is 10.1. The number of hydrazine groups is 1. The number of pyridine rings is 1. The van der Waals surface area contributed by atoms with Crippen molar-refractivity contribution in [1.29, 1.82) is 0 Å². The molecule has 1 saturated heterocycles. The van der Waals surface area contributed by atoms with Crippen LogP contribution in [0.15, 0.2) is 41.9 Å². The molecule has 214 valence electrons. The summed E-state index contributed by atoms with van der Waals surface area (Å²) in [6.45, 7) is 1.38. The molecule has 2 aromatic heterocycles. The van der Waals surface area contributed by atoms with Crippen LogP contribution in [0, 0.1) is 11.6 Å². The van der Waals surface area contributed by atoms with Crippen molar-refractivity contribution in [1.82, 2.24) is 20.1 Å². The van der Waals surface area contributed by atoms with Gasteiger partial charge in [-0.15, -0.1) is 0 Å². The predicted octanol–water partition coefficient (Wildman–Crippen LogP) is 3.07. The number of amidine groups is 1. The number of hydrogen-bond acceptors (Lipinski definition) is 9. The van der Waals surface area contributed by atoms with Crippen molar-refractivity contribution in [2.24, 2.45) is 16.8 Å². The standard InChI is InChI=1S/C27H35F2N9O2/c1-33-18-2-4-20(5-3-18)40-23-7-6-22(24(28)25(23)29)38(32)27(36-31)21-12-16(13-34-26(21)30)17-14-35-37(15-17)19-8-10-39-11-9-19/h6-7,12-15,18-20,33H,2-5,8-11,31-32H2,1H3,(H2,30,34)/b36-27-. The number of anilines is 2. The lowest BCUT2D eigenvalue weighted by Crippen LogP contribution is -2.40. The van der Waals surface area contributed by atoms with Gasteiger partial charge in [-0.25, -0.2) is 15.2 Å². The van der Waals surface area contributed by atoms with E-state index in [4.69, 9.17) is 26.9 Å². The van der Waals surface area contributed by atoms with E-state index in [-0.39, 0.29) is 40.8 Å². The second-order valence-corrected chi connectivity index (χ2v) is 10.1. The van der Waals surface area contributed by atoms with E-state index in [0.29, 0.717) is 24.8 Å². The number of nitrogens with zero attached hydrogens (tertiary/aromatic N) is 5. The van der Waals surface area contributed by atoms with Crippen molar-refractivity contribution in [2.45, 2.75) is 56.7 Å². The van der Waals surface area contributed by atoms with Crippen LogP contribution < -0.4 is 32.5 Å². The summed E-state index contributed by atoms with van der Waals surface area (Å²) in [6, 6.07) is 5.02. The highest BCUT2D eigenvalue weighted by molar-refractivity contribution is 6.12. The Balaban J connectivity index is 1.36. The van der Waals surface area contributed by atoms with Gasteiger partial charge in [-0.2, -0.15) is 14.6 Å². The van der Waals surface area contributed by atoms with Gasteiger partial charge in [0.15, 0.2) is 17.4 Å². The van der Waals surface area contributed by atoms with Crippen molar-refractivity contribution in [3.05, 3.63) is 54.0 Å². The third kappa shape index (κ3) is 5.71. The first-order valence-corrected chi connectivity index (χ1v) is 13.4. The molecular weight excluding hydrogens is 520 g/mol. The Morgan fingerprint density at radius 2 is 1.85 bits per heavy atom. The molecule has 0 spiro atoms. The van der Waals surface area contributed by atoms with Gasteiger partial charge in [-0.05, 0) is 63.8 Å². The molecule has 3 heterocycles. The van der Waals surface area contributed by atoms with Gasteiger partial charge < -0.3 is 26.4 Å². The average Bonchev–Trinajstić information content (AvgIpc) is 3.48. The highest BCUT2D eigenvalue weighted by Gasteiger charge is 2.27. The lowest BCUT2D eigenvalue weighted by Gasteiger charge is -2.29. The molecule has 0 amide bonds. The van der Waals surface area contributed by atoms with E-state index in [1.54, 1.807) is 18.5 Å². The van der Waals surface area contributed by atoms with Crippen molar-refractivity contribution in [2.75, 3.05) is 31.0 Å². The lowest BCUT2D eigenvalue weighted by molar-refractivity contribution is 0.0662. The summed E-state index contributed by atoms with van der Waals surface area (Å²) in [4.78, 5) is 4.26. The minimum absolute atomic E-state index is 0.0678. The zero-order valence-electron chi connectivity index (χ0n) is 22.4. The van der Waals surface area contributed by atoms with E-state index in [1.165, 1.54) is 12.1 Å². The molecule has 0 atom stereocenters. The molecule has 1 aromatic carbocycles. The van der Waals surface area contributed by atoms with E-state index in [2.05, 4.69) is 20.5 Å². The van der Waals surface area contributed by atoms with Crippen LogP contribution in [0.4, 0.5) is 20.3 Å². The monoisotopic (exact) mass is 555 g/mol. The molecule has 13 heteroatoms. The molecule has 11 nitrogen and oxygen atoms in total. The third-order valence-electron chi connectivity index (χ3n) is 7.67. The summed E-state index contributed by atoms with van der Waals surface area (Å²) in [5.41, 5.74) is 7.58. The minimum Gasteiger partial charge on any atom is -0.487 e. The predicted molar refractivity (Wildman–Crippen MR) is 148 cm³/mol. The van der Waals surface area contributed by atoms with Crippen molar-refractivity contribution in [3.63, 3.8) is 0 Å². The summed E-state index contributed by atoms with van der Waals surface area (Å²) in [5, 5.41) is 12.3. The Labute approximate surface area is 231 Å². The minimum atomic E-state index is -1.19. The van der Waals surface area contributed by atoms with Gasteiger partial charge in [0.2, 0.25) is 5.82 Å². The number of nitrogens with one attached hydrogen (secondary N) is 1. The smallest absolute Gasteiger partial charge is 0.202 e. The van der Waals surface area contributed by atoms with E-state index < -0.39 is 11.6 Å². The normalized spacial score (nSPS) is 20.4. The zero-order chi connectivity index (χ0) is 28.2. The average molecular weight is 556 g/mol. The van der Waals surface area contributed by atoms with Gasteiger partial charge in [0, 0.05) is 42.8 Å². The highest BCUT2D eigenvalue weighted by Crippen LogP contribution is 2.32. The maximum Gasteiger partial charge on any atom is 0.202 e. The molecular formula is C27H35F2N9O2. The quantitative estimate of drug-likeness (QED) is 0.149. The summed E-state index contributed by atoms with van der Waals surface area (Å²) in [5.74, 6) is 9.38. The number of nitrogen functional groups attached to an aromatic ring is 1. The van der Waals surface area contributed by atoms with E-state index in [0.717, 1.165) is 49.1 Å². The van der Waals surface area contributed by atoms with Gasteiger partial charge in [0.1, 0.15) is 5.82 Å². The van der Waals surface area contributed by atoms with Crippen molar-refractivity contribution >= 4 is 17.3 Å². The molecule has 5 rings (SSSR count). The summed E-state index contributed by atoms with van der Waals surface area (Å²) < 4.78 is 43.5. The fourth-order valence-corrected chi connectivity index (χ4v) is 5.27. The van der Waals surface area contributed by atoms with Crippen LogP contribution in [0.25, 0.3) is 11.1 Å². The molecule has 1 aliphatic heterocycles. The maximum atomic E-state index is 15.3. The van der Waals surface area contributed by atoms with Gasteiger partial charge in [-0.3, -0.25) is 9.69 Å².